The first-order chi connectivity index (χ1) is 9.73. The molecule has 5 heteroatoms. The Morgan fingerprint density at radius 3 is 2.24 bits per heavy atom. The molecule has 0 heterocycles. The molecular weight excluding hydrogens is 270 g/mol. The Hall–Kier alpha value is -1.88. The molecule has 0 radical (unpaired) electrons. The van der Waals surface area contributed by atoms with Crippen molar-refractivity contribution in [3.05, 3.63) is 35.4 Å². The quantitative estimate of drug-likeness (QED) is 0.841. The van der Waals surface area contributed by atoms with Crippen molar-refractivity contribution >= 4 is 11.9 Å². The second kappa shape index (κ2) is 7.22. The lowest BCUT2D eigenvalue weighted by Crippen LogP contribution is -2.31. The number of benzene rings is 1. The average molecular weight is 293 g/mol. The minimum atomic E-state index is -0.807. The number of carbonyl (C=O) groups is 2. The van der Waals surface area contributed by atoms with E-state index in [0.717, 1.165) is 5.56 Å². The minimum absolute atomic E-state index is 0.246. The molecule has 2 N–H and O–H groups in total. The SMILES string of the molecule is COC(=O)CCc1ccc([C@H](N)C(=O)OC(C)(C)C)cc1. The Kier molecular flexibility index (Phi) is 5.90. The van der Waals surface area contributed by atoms with Gasteiger partial charge in [0, 0.05) is 6.42 Å². The van der Waals surface area contributed by atoms with Crippen LogP contribution in [-0.2, 0) is 25.5 Å². The third kappa shape index (κ3) is 5.95. The molecule has 0 unspecified atom stereocenters. The van der Waals surface area contributed by atoms with Crippen LogP contribution in [0.5, 0.6) is 0 Å². The number of rotatable bonds is 5. The van der Waals surface area contributed by atoms with Crippen molar-refractivity contribution in [3.63, 3.8) is 0 Å². The molecular formula is C16H23NO4. The van der Waals surface area contributed by atoms with Gasteiger partial charge in [-0.1, -0.05) is 24.3 Å². The molecule has 0 saturated carbocycles. The van der Waals surface area contributed by atoms with Crippen LogP contribution in [0.4, 0.5) is 0 Å². The van der Waals surface area contributed by atoms with E-state index in [9.17, 15) is 9.59 Å². The molecule has 0 bridgehead atoms. The van der Waals surface area contributed by atoms with E-state index in [-0.39, 0.29) is 5.97 Å². The molecule has 21 heavy (non-hydrogen) atoms. The van der Waals surface area contributed by atoms with Crippen LogP contribution in [0.3, 0.4) is 0 Å². The predicted octanol–water partition coefficient (Wildman–Crippen LogP) is 2.13. The number of nitrogens with two attached hydrogens (primary N) is 1. The first-order valence-electron chi connectivity index (χ1n) is 6.87. The van der Waals surface area contributed by atoms with Crippen LogP contribution in [0, 0.1) is 0 Å². The molecule has 116 valence electrons. The second-order valence-electron chi connectivity index (χ2n) is 5.83. The van der Waals surface area contributed by atoms with E-state index in [0.29, 0.717) is 18.4 Å². The molecule has 1 atom stereocenters. The molecule has 0 aromatic heterocycles. The van der Waals surface area contributed by atoms with Gasteiger partial charge in [-0.25, -0.2) is 4.79 Å². The summed E-state index contributed by atoms with van der Waals surface area (Å²) in [5.74, 6) is -0.700. The molecule has 1 rings (SSSR count). The van der Waals surface area contributed by atoms with Crippen LogP contribution >= 0.6 is 0 Å². The molecule has 0 fully saturated rings. The number of carbonyl (C=O) groups excluding carboxylic acids is 2. The van der Waals surface area contributed by atoms with Crippen molar-refractivity contribution in [3.8, 4) is 0 Å². The summed E-state index contributed by atoms with van der Waals surface area (Å²) in [5.41, 5.74) is 7.00. The van der Waals surface area contributed by atoms with E-state index in [1.165, 1.54) is 7.11 Å². The first-order valence-corrected chi connectivity index (χ1v) is 6.87. The zero-order valence-electron chi connectivity index (χ0n) is 13.0. The maximum absolute atomic E-state index is 11.9. The molecule has 0 aliphatic heterocycles. The van der Waals surface area contributed by atoms with Crippen LogP contribution in [0.1, 0.15) is 44.4 Å². The summed E-state index contributed by atoms with van der Waals surface area (Å²) in [7, 11) is 1.37. The van der Waals surface area contributed by atoms with Gasteiger partial charge in [-0.05, 0) is 38.3 Å². The van der Waals surface area contributed by atoms with Crippen molar-refractivity contribution in [2.75, 3.05) is 7.11 Å². The summed E-state index contributed by atoms with van der Waals surface area (Å²) < 4.78 is 9.84. The van der Waals surface area contributed by atoms with Gasteiger partial charge in [0.05, 0.1) is 7.11 Å². The number of hydrogen-bond acceptors (Lipinski definition) is 5. The Bertz CT molecular complexity index is 488. The Labute approximate surface area is 125 Å². The standard InChI is InChI=1S/C16H23NO4/c1-16(2,3)21-15(19)14(17)12-8-5-11(6-9-12)7-10-13(18)20-4/h5-6,8-9,14H,7,10,17H2,1-4H3/t14-/m0/s1. The third-order valence-electron chi connectivity index (χ3n) is 2.85. The van der Waals surface area contributed by atoms with Crippen LogP contribution in [-0.4, -0.2) is 24.6 Å². The van der Waals surface area contributed by atoms with Gasteiger partial charge in [-0.3, -0.25) is 4.79 Å². The van der Waals surface area contributed by atoms with E-state index in [2.05, 4.69) is 4.74 Å². The van der Waals surface area contributed by atoms with Gasteiger partial charge in [0.25, 0.3) is 0 Å². The van der Waals surface area contributed by atoms with E-state index < -0.39 is 17.6 Å². The molecule has 1 aromatic rings. The van der Waals surface area contributed by atoms with Crippen LogP contribution in [0.2, 0.25) is 0 Å². The zero-order valence-corrected chi connectivity index (χ0v) is 13.0. The van der Waals surface area contributed by atoms with Gasteiger partial charge in [0.2, 0.25) is 0 Å². The number of aryl methyl sites for hydroxylation is 1. The molecule has 0 spiro atoms. The van der Waals surface area contributed by atoms with Crippen molar-refractivity contribution < 1.29 is 19.1 Å². The summed E-state index contributed by atoms with van der Waals surface area (Å²) in [6, 6.07) is 6.45. The second-order valence-corrected chi connectivity index (χ2v) is 5.83. The van der Waals surface area contributed by atoms with Gasteiger partial charge in [-0.2, -0.15) is 0 Å². The number of hydrogen-bond donors (Lipinski definition) is 1. The van der Waals surface area contributed by atoms with Crippen LogP contribution < -0.4 is 5.73 Å². The van der Waals surface area contributed by atoms with E-state index in [1.54, 1.807) is 32.9 Å². The van der Waals surface area contributed by atoms with E-state index in [1.807, 2.05) is 12.1 Å². The lowest BCUT2D eigenvalue weighted by atomic mass is 10.0. The normalized spacial score (nSPS) is 12.6. The summed E-state index contributed by atoms with van der Waals surface area (Å²) in [6.45, 7) is 5.40. The number of methoxy groups -OCH3 is 1. The van der Waals surface area contributed by atoms with Crippen molar-refractivity contribution in [2.24, 2.45) is 5.73 Å². The highest BCUT2D eigenvalue weighted by molar-refractivity contribution is 5.77. The fourth-order valence-corrected chi connectivity index (χ4v) is 1.74. The Morgan fingerprint density at radius 2 is 1.76 bits per heavy atom. The molecule has 1 aromatic carbocycles. The monoisotopic (exact) mass is 293 g/mol. The summed E-state index contributed by atoms with van der Waals surface area (Å²) >= 11 is 0. The fraction of sp³-hybridized carbons (Fsp3) is 0.500. The third-order valence-corrected chi connectivity index (χ3v) is 2.85. The van der Waals surface area contributed by atoms with Gasteiger partial charge < -0.3 is 15.2 Å². The number of ether oxygens (including phenoxy) is 2. The fourth-order valence-electron chi connectivity index (χ4n) is 1.74. The maximum atomic E-state index is 11.9. The Balaban J connectivity index is 2.64. The molecule has 0 aliphatic carbocycles. The lowest BCUT2D eigenvalue weighted by Gasteiger charge is -2.22. The Morgan fingerprint density at radius 1 is 1.19 bits per heavy atom. The first kappa shape index (κ1) is 17.2. The predicted molar refractivity (Wildman–Crippen MR) is 79.6 cm³/mol. The highest BCUT2D eigenvalue weighted by Gasteiger charge is 2.23. The average Bonchev–Trinajstić information content (AvgIpc) is 2.42. The van der Waals surface area contributed by atoms with E-state index in [4.69, 9.17) is 10.5 Å². The topological polar surface area (TPSA) is 78.6 Å². The summed E-state index contributed by atoms with van der Waals surface area (Å²) in [4.78, 5) is 23.0. The van der Waals surface area contributed by atoms with Gasteiger partial charge in [0.15, 0.2) is 0 Å². The number of esters is 2. The van der Waals surface area contributed by atoms with Gasteiger partial charge >= 0.3 is 11.9 Å². The maximum Gasteiger partial charge on any atom is 0.328 e. The highest BCUT2D eigenvalue weighted by atomic mass is 16.6. The van der Waals surface area contributed by atoms with Gasteiger partial charge in [-0.15, -0.1) is 0 Å². The molecule has 0 aliphatic rings. The van der Waals surface area contributed by atoms with Crippen molar-refractivity contribution in [2.45, 2.75) is 45.3 Å². The molecule has 0 amide bonds. The molecule has 0 saturated heterocycles. The smallest absolute Gasteiger partial charge is 0.328 e. The van der Waals surface area contributed by atoms with Crippen molar-refractivity contribution in [1.29, 1.82) is 0 Å². The largest absolute Gasteiger partial charge is 0.469 e. The molecule has 5 nitrogen and oxygen atoms in total. The minimum Gasteiger partial charge on any atom is -0.469 e. The summed E-state index contributed by atoms with van der Waals surface area (Å²) in [6.07, 6.45) is 0.919. The van der Waals surface area contributed by atoms with Crippen LogP contribution in [0.25, 0.3) is 0 Å². The van der Waals surface area contributed by atoms with E-state index >= 15 is 0 Å². The van der Waals surface area contributed by atoms with Crippen LogP contribution in [0.15, 0.2) is 24.3 Å². The van der Waals surface area contributed by atoms with Gasteiger partial charge in [0.1, 0.15) is 11.6 Å². The zero-order chi connectivity index (χ0) is 16.0. The summed E-state index contributed by atoms with van der Waals surface area (Å²) in [5, 5.41) is 0. The van der Waals surface area contributed by atoms with Crippen molar-refractivity contribution in [1.82, 2.24) is 0 Å². The highest BCUT2D eigenvalue weighted by Crippen LogP contribution is 2.17. The lowest BCUT2D eigenvalue weighted by molar-refractivity contribution is -0.156.